The highest BCUT2D eigenvalue weighted by atomic mass is 16.1. The van der Waals surface area contributed by atoms with Gasteiger partial charge in [0, 0.05) is 46.2 Å². The predicted octanol–water partition coefficient (Wildman–Crippen LogP) is 0.266. The molecule has 22 heavy (non-hydrogen) atoms. The molecule has 124 valence electrons. The van der Waals surface area contributed by atoms with E-state index in [1.54, 1.807) is 4.68 Å². The number of likely N-dealkylation sites (N-methyl/N-ethyl adjacent to an activating group) is 1. The molecule has 1 aromatic heterocycles. The van der Waals surface area contributed by atoms with Gasteiger partial charge in [-0.1, -0.05) is 13.8 Å². The van der Waals surface area contributed by atoms with Gasteiger partial charge in [-0.2, -0.15) is 5.10 Å². The fourth-order valence-corrected chi connectivity index (χ4v) is 2.69. The molecule has 1 aliphatic rings. The molecular formula is C15H28N6O. The quantitative estimate of drug-likeness (QED) is 0.817. The second kappa shape index (κ2) is 7.69. The SMILES string of the molecule is CC(C)[C@@H](NC(=O)CCN1CCN(C)CC1)c1ncnn1C. The van der Waals surface area contributed by atoms with Gasteiger partial charge in [0.1, 0.15) is 12.2 Å². The first-order valence-electron chi connectivity index (χ1n) is 8.01. The summed E-state index contributed by atoms with van der Waals surface area (Å²) in [5, 5.41) is 7.20. The summed E-state index contributed by atoms with van der Waals surface area (Å²) in [7, 11) is 3.99. The largest absolute Gasteiger partial charge is 0.346 e. The first-order valence-corrected chi connectivity index (χ1v) is 8.01. The van der Waals surface area contributed by atoms with Crippen LogP contribution in [0, 0.1) is 5.92 Å². The Bertz CT molecular complexity index is 478. The summed E-state index contributed by atoms with van der Waals surface area (Å²) >= 11 is 0. The lowest BCUT2D eigenvalue weighted by molar-refractivity contribution is -0.122. The van der Waals surface area contributed by atoms with Crippen LogP contribution in [0.15, 0.2) is 6.33 Å². The average Bonchev–Trinajstić information content (AvgIpc) is 2.90. The Kier molecular flexibility index (Phi) is 5.90. The lowest BCUT2D eigenvalue weighted by Crippen LogP contribution is -2.45. The maximum Gasteiger partial charge on any atom is 0.221 e. The molecule has 1 atom stereocenters. The lowest BCUT2D eigenvalue weighted by Gasteiger charge is -2.32. The van der Waals surface area contributed by atoms with Gasteiger partial charge in [-0.3, -0.25) is 9.48 Å². The molecule has 1 aliphatic heterocycles. The number of amides is 1. The molecule has 0 spiro atoms. The third kappa shape index (κ3) is 4.51. The van der Waals surface area contributed by atoms with Gasteiger partial charge in [0.15, 0.2) is 0 Å². The molecule has 1 aromatic rings. The summed E-state index contributed by atoms with van der Waals surface area (Å²) in [5.41, 5.74) is 0. The van der Waals surface area contributed by atoms with Gasteiger partial charge in [-0.05, 0) is 13.0 Å². The minimum Gasteiger partial charge on any atom is -0.346 e. The van der Waals surface area contributed by atoms with Crippen LogP contribution < -0.4 is 5.32 Å². The van der Waals surface area contributed by atoms with Crippen LogP contribution in [0.5, 0.6) is 0 Å². The fraction of sp³-hybridized carbons (Fsp3) is 0.800. The Morgan fingerprint density at radius 1 is 1.27 bits per heavy atom. The van der Waals surface area contributed by atoms with Crippen molar-refractivity contribution in [3.63, 3.8) is 0 Å². The Balaban J connectivity index is 1.83. The number of carbonyl (C=O) groups excluding carboxylic acids is 1. The first-order chi connectivity index (χ1) is 10.5. The molecule has 0 radical (unpaired) electrons. The van der Waals surface area contributed by atoms with Crippen LogP contribution in [-0.2, 0) is 11.8 Å². The van der Waals surface area contributed by atoms with Gasteiger partial charge in [0.05, 0.1) is 6.04 Å². The molecule has 0 unspecified atom stereocenters. The summed E-state index contributed by atoms with van der Waals surface area (Å²) in [4.78, 5) is 21.2. The van der Waals surface area contributed by atoms with Crippen molar-refractivity contribution in [1.29, 1.82) is 0 Å². The van der Waals surface area contributed by atoms with Crippen LogP contribution in [0.1, 0.15) is 32.1 Å². The van der Waals surface area contributed by atoms with Gasteiger partial charge in [0.25, 0.3) is 0 Å². The molecule has 0 aromatic carbocycles. The van der Waals surface area contributed by atoms with Gasteiger partial charge >= 0.3 is 0 Å². The van der Waals surface area contributed by atoms with Crippen LogP contribution in [-0.4, -0.2) is 70.2 Å². The minimum absolute atomic E-state index is 0.0839. The molecule has 0 saturated carbocycles. The monoisotopic (exact) mass is 308 g/mol. The summed E-state index contributed by atoms with van der Waals surface area (Å²) in [6.45, 7) is 9.23. The second-order valence-corrected chi connectivity index (χ2v) is 6.43. The zero-order chi connectivity index (χ0) is 16.1. The van der Waals surface area contributed by atoms with Gasteiger partial charge < -0.3 is 15.1 Å². The molecule has 7 heteroatoms. The fourth-order valence-electron chi connectivity index (χ4n) is 2.69. The van der Waals surface area contributed by atoms with Crippen LogP contribution in [0.3, 0.4) is 0 Å². The molecule has 1 amide bonds. The smallest absolute Gasteiger partial charge is 0.221 e. The molecule has 0 bridgehead atoms. The third-order valence-electron chi connectivity index (χ3n) is 4.26. The number of piperazine rings is 1. The lowest BCUT2D eigenvalue weighted by atomic mass is 10.0. The van der Waals surface area contributed by atoms with Crippen LogP contribution in [0.2, 0.25) is 0 Å². The van der Waals surface area contributed by atoms with Gasteiger partial charge in [-0.25, -0.2) is 4.98 Å². The van der Waals surface area contributed by atoms with E-state index in [9.17, 15) is 4.79 Å². The number of rotatable bonds is 6. The molecule has 2 heterocycles. The molecule has 0 aliphatic carbocycles. The van der Waals surface area contributed by atoms with E-state index in [1.165, 1.54) is 6.33 Å². The average molecular weight is 308 g/mol. The zero-order valence-electron chi connectivity index (χ0n) is 14.1. The highest BCUT2D eigenvalue weighted by Gasteiger charge is 2.23. The van der Waals surface area contributed by atoms with E-state index in [0.29, 0.717) is 6.42 Å². The highest BCUT2D eigenvalue weighted by molar-refractivity contribution is 5.76. The van der Waals surface area contributed by atoms with Crippen molar-refractivity contribution in [2.45, 2.75) is 26.3 Å². The van der Waals surface area contributed by atoms with Gasteiger partial charge in [0.2, 0.25) is 5.91 Å². The van der Waals surface area contributed by atoms with Crippen molar-refractivity contribution in [3.05, 3.63) is 12.2 Å². The number of hydrogen-bond acceptors (Lipinski definition) is 5. The van der Waals surface area contributed by atoms with Crippen LogP contribution in [0.25, 0.3) is 0 Å². The molecule has 1 N–H and O–H groups in total. The van der Waals surface area contributed by atoms with Crippen molar-refractivity contribution in [2.24, 2.45) is 13.0 Å². The van der Waals surface area contributed by atoms with E-state index in [1.807, 2.05) is 7.05 Å². The predicted molar refractivity (Wildman–Crippen MR) is 85.3 cm³/mol. The second-order valence-electron chi connectivity index (χ2n) is 6.43. The molecule has 1 fully saturated rings. The first kappa shape index (κ1) is 16.9. The Morgan fingerprint density at radius 2 is 1.95 bits per heavy atom. The Morgan fingerprint density at radius 3 is 2.50 bits per heavy atom. The standard InChI is InChI=1S/C15H28N6O/c1-12(2)14(15-16-11-17-20(15)4)18-13(22)5-6-21-9-7-19(3)8-10-21/h11-12,14H,5-10H2,1-4H3,(H,18,22)/t14-/m1/s1. The number of carbonyl (C=O) groups is 1. The summed E-state index contributed by atoms with van der Waals surface area (Å²) in [5.74, 6) is 1.17. The number of aryl methyl sites for hydroxylation is 1. The van der Waals surface area contributed by atoms with E-state index in [4.69, 9.17) is 0 Å². The normalized spacial score (nSPS) is 18.6. The van der Waals surface area contributed by atoms with E-state index < -0.39 is 0 Å². The van der Waals surface area contributed by atoms with E-state index in [2.05, 4.69) is 46.1 Å². The summed E-state index contributed by atoms with van der Waals surface area (Å²) in [6.07, 6.45) is 2.06. The number of nitrogens with one attached hydrogen (secondary N) is 1. The van der Waals surface area contributed by atoms with Crippen molar-refractivity contribution in [3.8, 4) is 0 Å². The van der Waals surface area contributed by atoms with Gasteiger partial charge in [-0.15, -0.1) is 0 Å². The van der Waals surface area contributed by atoms with Crippen LogP contribution >= 0.6 is 0 Å². The third-order valence-corrected chi connectivity index (χ3v) is 4.26. The van der Waals surface area contributed by atoms with Crippen molar-refractivity contribution in [2.75, 3.05) is 39.8 Å². The molecule has 2 rings (SSSR count). The number of nitrogens with zero attached hydrogens (tertiary/aromatic N) is 5. The topological polar surface area (TPSA) is 66.3 Å². The Labute approximate surface area is 132 Å². The highest BCUT2D eigenvalue weighted by Crippen LogP contribution is 2.18. The number of aromatic nitrogens is 3. The molecular weight excluding hydrogens is 280 g/mol. The van der Waals surface area contributed by atoms with Crippen molar-refractivity contribution >= 4 is 5.91 Å². The Hall–Kier alpha value is -1.47. The zero-order valence-corrected chi connectivity index (χ0v) is 14.1. The van der Waals surface area contributed by atoms with E-state index >= 15 is 0 Å². The van der Waals surface area contributed by atoms with Crippen molar-refractivity contribution in [1.82, 2.24) is 29.9 Å². The summed E-state index contributed by atoms with van der Waals surface area (Å²) < 4.78 is 1.73. The number of hydrogen-bond donors (Lipinski definition) is 1. The maximum absolute atomic E-state index is 12.3. The van der Waals surface area contributed by atoms with E-state index in [0.717, 1.165) is 38.5 Å². The molecule has 7 nitrogen and oxygen atoms in total. The molecule has 1 saturated heterocycles. The maximum atomic E-state index is 12.3. The minimum atomic E-state index is -0.0903. The van der Waals surface area contributed by atoms with Crippen molar-refractivity contribution < 1.29 is 4.79 Å². The van der Waals surface area contributed by atoms with E-state index in [-0.39, 0.29) is 17.9 Å². The summed E-state index contributed by atoms with van der Waals surface area (Å²) in [6, 6.07) is -0.0903. The van der Waals surface area contributed by atoms with Crippen LogP contribution in [0.4, 0.5) is 0 Å².